The predicted molar refractivity (Wildman–Crippen MR) is 101 cm³/mol. The molecule has 128 valence electrons. The van der Waals surface area contributed by atoms with E-state index in [1.165, 1.54) is 30.0 Å². The molecule has 0 atom stereocenters. The fourth-order valence-corrected chi connectivity index (χ4v) is 3.79. The third-order valence-electron chi connectivity index (χ3n) is 4.12. The van der Waals surface area contributed by atoms with E-state index in [4.69, 9.17) is 0 Å². The van der Waals surface area contributed by atoms with Crippen LogP contribution in [0.5, 0.6) is 0 Å². The van der Waals surface area contributed by atoms with Crippen LogP contribution in [0.2, 0.25) is 0 Å². The monoisotopic (exact) mass is 364 g/mol. The molecular formula is C21H14F2N2S. The molecule has 0 saturated carbocycles. The third-order valence-corrected chi connectivity index (χ3v) is 5.12. The van der Waals surface area contributed by atoms with Crippen molar-refractivity contribution < 1.29 is 8.78 Å². The lowest BCUT2D eigenvalue weighted by Crippen LogP contribution is -1.96. The molecule has 4 aromatic rings. The summed E-state index contributed by atoms with van der Waals surface area (Å²) in [4.78, 5) is 0. The zero-order valence-electron chi connectivity index (χ0n) is 13.7. The van der Waals surface area contributed by atoms with E-state index in [2.05, 4.69) is 10.2 Å². The van der Waals surface area contributed by atoms with Gasteiger partial charge in [-0.15, -0.1) is 10.2 Å². The minimum atomic E-state index is -0.546. The number of halogens is 2. The van der Waals surface area contributed by atoms with Crippen LogP contribution in [0.3, 0.4) is 0 Å². The van der Waals surface area contributed by atoms with Crippen LogP contribution in [-0.4, -0.2) is 10.2 Å². The third kappa shape index (κ3) is 3.18. The molecule has 4 rings (SSSR count). The zero-order chi connectivity index (χ0) is 17.9. The highest BCUT2D eigenvalue weighted by Gasteiger charge is 2.14. The summed E-state index contributed by atoms with van der Waals surface area (Å²) in [6.45, 7) is 0. The van der Waals surface area contributed by atoms with Gasteiger partial charge in [0.1, 0.15) is 22.4 Å². The van der Waals surface area contributed by atoms with Gasteiger partial charge in [0, 0.05) is 27.7 Å². The van der Waals surface area contributed by atoms with Crippen LogP contribution in [-0.2, 0) is 5.75 Å². The second-order valence-corrected chi connectivity index (χ2v) is 6.72. The first-order valence-corrected chi connectivity index (χ1v) is 9.09. The summed E-state index contributed by atoms with van der Waals surface area (Å²) in [5, 5.41) is 11.2. The molecule has 0 amide bonds. The van der Waals surface area contributed by atoms with E-state index in [1.807, 2.05) is 54.6 Å². The fraction of sp³-hybridized carbons (Fsp3) is 0.0476. The molecule has 0 unspecified atom stereocenters. The maximum Gasteiger partial charge on any atom is 0.130 e. The molecule has 0 bridgehead atoms. The first kappa shape index (κ1) is 16.7. The second kappa shape index (κ2) is 7.22. The molecule has 1 heterocycles. The van der Waals surface area contributed by atoms with Crippen molar-refractivity contribution in [3.63, 3.8) is 0 Å². The van der Waals surface area contributed by atoms with E-state index in [0.717, 1.165) is 22.0 Å². The van der Waals surface area contributed by atoms with Gasteiger partial charge in [-0.25, -0.2) is 8.78 Å². The first-order valence-electron chi connectivity index (χ1n) is 8.10. The number of hydrogen-bond acceptors (Lipinski definition) is 3. The number of aromatic nitrogens is 2. The van der Waals surface area contributed by atoms with E-state index in [9.17, 15) is 8.78 Å². The van der Waals surface area contributed by atoms with Gasteiger partial charge in [0.15, 0.2) is 0 Å². The molecule has 0 aliphatic rings. The molecule has 5 heteroatoms. The Bertz CT molecular complexity index is 1050. The number of rotatable bonds is 4. The molecule has 2 nitrogen and oxygen atoms in total. The maximum atomic E-state index is 13.9. The average molecular weight is 364 g/mol. The largest absolute Gasteiger partial charge is 0.207 e. The fourth-order valence-electron chi connectivity index (χ4n) is 2.81. The Morgan fingerprint density at radius 1 is 0.692 bits per heavy atom. The van der Waals surface area contributed by atoms with Crippen LogP contribution in [0.25, 0.3) is 22.0 Å². The van der Waals surface area contributed by atoms with E-state index >= 15 is 0 Å². The molecule has 26 heavy (non-hydrogen) atoms. The molecule has 0 aliphatic heterocycles. The van der Waals surface area contributed by atoms with Gasteiger partial charge in [-0.05, 0) is 12.1 Å². The number of nitrogens with zero attached hydrogens (tertiary/aromatic N) is 2. The van der Waals surface area contributed by atoms with E-state index in [0.29, 0.717) is 5.03 Å². The van der Waals surface area contributed by atoms with Gasteiger partial charge in [0.25, 0.3) is 0 Å². The molecular weight excluding hydrogens is 350 g/mol. The van der Waals surface area contributed by atoms with Gasteiger partial charge in [0.05, 0.1) is 0 Å². The molecule has 0 spiro atoms. The smallest absolute Gasteiger partial charge is 0.130 e. The van der Waals surface area contributed by atoms with Gasteiger partial charge in [-0.2, -0.15) is 0 Å². The van der Waals surface area contributed by atoms with Crippen LogP contribution in [0.4, 0.5) is 8.78 Å². The molecule has 0 radical (unpaired) electrons. The first-order chi connectivity index (χ1) is 12.7. The number of thioether (sulfide) groups is 1. The number of hydrogen-bond donors (Lipinski definition) is 0. The van der Waals surface area contributed by atoms with Gasteiger partial charge in [0.2, 0.25) is 0 Å². The molecule has 0 aliphatic carbocycles. The summed E-state index contributed by atoms with van der Waals surface area (Å²) < 4.78 is 27.7. The minimum Gasteiger partial charge on any atom is -0.207 e. The predicted octanol–water partition coefficient (Wildman–Crippen LogP) is 5.87. The van der Waals surface area contributed by atoms with Gasteiger partial charge >= 0.3 is 0 Å². The average Bonchev–Trinajstić information content (AvgIpc) is 2.68. The summed E-state index contributed by atoms with van der Waals surface area (Å²) in [5.41, 5.74) is 1.83. The van der Waals surface area contributed by atoms with Gasteiger partial charge in [-0.1, -0.05) is 72.4 Å². The zero-order valence-corrected chi connectivity index (χ0v) is 14.5. The summed E-state index contributed by atoms with van der Waals surface area (Å²) in [7, 11) is 0. The van der Waals surface area contributed by atoms with Crippen molar-refractivity contribution in [3.8, 4) is 11.3 Å². The van der Waals surface area contributed by atoms with Crippen molar-refractivity contribution >= 4 is 22.5 Å². The summed E-state index contributed by atoms with van der Waals surface area (Å²) in [5.74, 6) is -0.937. The summed E-state index contributed by atoms with van der Waals surface area (Å²) >= 11 is 1.28. The van der Waals surface area contributed by atoms with Crippen LogP contribution < -0.4 is 0 Å². The Balaban J connectivity index is 1.73. The highest BCUT2D eigenvalue weighted by Crippen LogP contribution is 2.33. The molecule has 0 fully saturated rings. The highest BCUT2D eigenvalue weighted by molar-refractivity contribution is 7.98. The van der Waals surface area contributed by atoms with Crippen LogP contribution in [0.15, 0.2) is 77.8 Å². The second-order valence-electron chi connectivity index (χ2n) is 5.75. The number of benzene rings is 3. The number of fused-ring (bicyclic) bond motifs is 1. The van der Waals surface area contributed by atoms with Crippen LogP contribution in [0.1, 0.15) is 5.56 Å². The highest BCUT2D eigenvalue weighted by atomic mass is 32.2. The van der Waals surface area contributed by atoms with Gasteiger partial charge < -0.3 is 0 Å². The van der Waals surface area contributed by atoms with Crippen molar-refractivity contribution in [1.29, 1.82) is 0 Å². The van der Waals surface area contributed by atoms with Crippen molar-refractivity contribution in [3.05, 3.63) is 90.0 Å². The lowest BCUT2D eigenvalue weighted by molar-refractivity contribution is 0.566. The van der Waals surface area contributed by atoms with E-state index in [1.54, 1.807) is 0 Å². The maximum absolute atomic E-state index is 13.9. The molecule has 1 aromatic heterocycles. The summed E-state index contributed by atoms with van der Waals surface area (Å²) in [6, 6.07) is 21.5. The molecule has 3 aromatic carbocycles. The SMILES string of the molecule is Fc1cccc(F)c1CSc1nnc(-c2ccccc2)c2ccccc12. The van der Waals surface area contributed by atoms with Crippen molar-refractivity contribution in [2.45, 2.75) is 10.8 Å². The molecule has 0 saturated heterocycles. The van der Waals surface area contributed by atoms with E-state index in [-0.39, 0.29) is 11.3 Å². The Hall–Kier alpha value is -2.79. The van der Waals surface area contributed by atoms with E-state index < -0.39 is 11.6 Å². The standard InChI is InChI=1S/C21H14F2N2S/c22-18-11-6-12-19(23)17(18)13-26-21-16-10-5-4-9-15(16)20(24-25-21)14-7-2-1-3-8-14/h1-12H,13H2. The van der Waals surface area contributed by atoms with Gasteiger partial charge in [-0.3, -0.25) is 0 Å². The Kier molecular flexibility index (Phi) is 4.63. The van der Waals surface area contributed by atoms with Crippen molar-refractivity contribution in [2.24, 2.45) is 0 Å². The Morgan fingerprint density at radius 3 is 2.08 bits per heavy atom. The topological polar surface area (TPSA) is 25.8 Å². The Labute approximate surface area is 153 Å². The van der Waals surface area contributed by atoms with Crippen molar-refractivity contribution in [1.82, 2.24) is 10.2 Å². The minimum absolute atomic E-state index is 0.0514. The normalized spacial score (nSPS) is 11.0. The lowest BCUT2D eigenvalue weighted by Gasteiger charge is -2.10. The van der Waals surface area contributed by atoms with Crippen LogP contribution >= 0.6 is 11.8 Å². The summed E-state index contributed by atoms with van der Waals surface area (Å²) in [6.07, 6.45) is 0. The lowest BCUT2D eigenvalue weighted by atomic mass is 10.1. The Morgan fingerprint density at radius 2 is 1.35 bits per heavy atom. The van der Waals surface area contributed by atoms with Crippen LogP contribution in [0, 0.1) is 11.6 Å². The van der Waals surface area contributed by atoms with Crippen molar-refractivity contribution in [2.75, 3.05) is 0 Å². The molecule has 0 N–H and O–H groups in total. The quantitative estimate of drug-likeness (QED) is 0.424.